The predicted octanol–water partition coefficient (Wildman–Crippen LogP) is 2.36. The highest BCUT2D eigenvalue weighted by Crippen LogP contribution is 2.26. The van der Waals surface area contributed by atoms with Gasteiger partial charge < -0.3 is 15.7 Å². The molecular weight excluding hydrogens is 244 g/mol. The van der Waals surface area contributed by atoms with Gasteiger partial charge in [0.25, 0.3) is 0 Å². The molecule has 0 aromatic heterocycles. The Hall–Kier alpha value is -1.26. The Morgan fingerprint density at radius 2 is 1.89 bits per heavy atom. The molecule has 19 heavy (non-hydrogen) atoms. The first kappa shape index (κ1) is 15.8. The molecule has 0 saturated heterocycles. The second-order valence-electron chi connectivity index (χ2n) is 5.74. The molecule has 3 atom stereocenters. The molecule has 5 nitrogen and oxygen atoms in total. The molecule has 1 aliphatic carbocycles. The SMILES string of the molecule is CCC1CCCCC1NC(=O)NC(C(=O)O)C(C)C. The molecule has 0 aromatic carbocycles. The number of aliphatic carboxylic acids is 1. The molecule has 110 valence electrons. The summed E-state index contributed by atoms with van der Waals surface area (Å²) in [6.45, 7) is 5.71. The van der Waals surface area contributed by atoms with Crippen molar-refractivity contribution in [2.24, 2.45) is 11.8 Å². The van der Waals surface area contributed by atoms with E-state index in [2.05, 4.69) is 17.6 Å². The number of amides is 2. The third-order valence-corrected chi connectivity index (χ3v) is 3.97. The van der Waals surface area contributed by atoms with Crippen LogP contribution in [0, 0.1) is 11.8 Å². The summed E-state index contributed by atoms with van der Waals surface area (Å²) in [6, 6.07) is -1.00. The van der Waals surface area contributed by atoms with Crippen molar-refractivity contribution >= 4 is 12.0 Å². The Kier molecular flexibility index (Phi) is 6.12. The highest BCUT2D eigenvalue weighted by molar-refractivity contribution is 5.82. The number of carbonyl (C=O) groups excluding carboxylic acids is 1. The largest absolute Gasteiger partial charge is 0.480 e. The highest BCUT2D eigenvalue weighted by Gasteiger charge is 2.28. The van der Waals surface area contributed by atoms with Crippen LogP contribution in [0.2, 0.25) is 0 Å². The third kappa shape index (κ3) is 4.73. The maximum absolute atomic E-state index is 11.9. The molecule has 0 bridgehead atoms. The van der Waals surface area contributed by atoms with Crippen LogP contribution in [0.15, 0.2) is 0 Å². The van der Waals surface area contributed by atoms with Crippen LogP contribution in [0.5, 0.6) is 0 Å². The minimum Gasteiger partial charge on any atom is -0.480 e. The van der Waals surface area contributed by atoms with Gasteiger partial charge in [-0.15, -0.1) is 0 Å². The summed E-state index contributed by atoms with van der Waals surface area (Å²) in [5.74, 6) is -0.598. The molecule has 1 fully saturated rings. The first-order chi connectivity index (χ1) is 8.95. The van der Waals surface area contributed by atoms with Gasteiger partial charge in [-0.25, -0.2) is 9.59 Å². The lowest BCUT2D eigenvalue weighted by molar-refractivity contribution is -0.140. The molecular formula is C14H26N2O3. The first-order valence-corrected chi connectivity index (χ1v) is 7.25. The van der Waals surface area contributed by atoms with Crippen molar-refractivity contribution < 1.29 is 14.7 Å². The molecule has 0 spiro atoms. The Bertz CT molecular complexity index is 318. The van der Waals surface area contributed by atoms with Crippen molar-refractivity contribution in [3.05, 3.63) is 0 Å². The topological polar surface area (TPSA) is 78.4 Å². The van der Waals surface area contributed by atoms with E-state index in [0.717, 1.165) is 25.7 Å². The van der Waals surface area contributed by atoms with Crippen LogP contribution in [0.3, 0.4) is 0 Å². The fourth-order valence-electron chi connectivity index (χ4n) is 2.75. The number of rotatable bonds is 5. The minimum absolute atomic E-state index is 0.128. The van der Waals surface area contributed by atoms with E-state index in [9.17, 15) is 9.59 Å². The summed E-state index contributed by atoms with van der Waals surface area (Å²) < 4.78 is 0. The lowest BCUT2D eigenvalue weighted by Crippen LogP contribution is -2.52. The Morgan fingerprint density at radius 3 is 2.42 bits per heavy atom. The average Bonchev–Trinajstić information content (AvgIpc) is 2.36. The summed E-state index contributed by atoms with van der Waals surface area (Å²) in [7, 11) is 0. The zero-order valence-corrected chi connectivity index (χ0v) is 12.1. The standard InChI is InChI=1S/C14H26N2O3/c1-4-10-7-5-6-8-11(10)15-14(19)16-12(9(2)3)13(17)18/h9-12H,4-8H2,1-3H3,(H,17,18)(H2,15,16,19). The monoisotopic (exact) mass is 270 g/mol. The molecule has 0 radical (unpaired) electrons. The predicted molar refractivity (Wildman–Crippen MR) is 74.0 cm³/mol. The van der Waals surface area contributed by atoms with E-state index in [-0.39, 0.29) is 18.0 Å². The smallest absolute Gasteiger partial charge is 0.326 e. The fraction of sp³-hybridized carbons (Fsp3) is 0.857. The molecule has 3 unspecified atom stereocenters. The molecule has 0 aliphatic heterocycles. The molecule has 5 heteroatoms. The van der Waals surface area contributed by atoms with Gasteiger partial charge in [0.05, 0.1) is 0 Å². The highest BCUT2D eigenvalue weighted by atomic mass is 16.4. The number of nitrogens with one attached hydrogen (secondary N) is 2. The maximum atomic E-state index is 11.9. The van der Waals surface area contributed by atoms with Crippen LogP contribution in [0.4, 0.5) is 4.79 Å². The van der Waals surface area contributed by atoms with Crippen LogP contribution in [-0.4, -0.2) is 29.2 Å². The van der Waals surface area contributed by atoms with Gasteiger partial charge in [-0.2, -0.15) is 0 Å². The van der Waals surface area contributed by atoms with Gasteiger partial charge in [-0.05, 0) is 24.7 Å². The molecule has 0 aromatic rings. The van der Waals surface area contributed by atoms with E-state index < -0.39 is 12.0 Å². The lowest BCUT2D eigenvalue weighted by Gasteiger charge is -2.32. The molecule has 1 aliphatic rings. The van der Waals surface area contributed by atoms with E-state index in [1.54, 1.807) is 13.8 Å². The summed E-state index contributed by atoms with van der Waals surface area (Å²) in [5.41, 5.74) is 0. The zero-order valence-electron chi connectivity index (χ0n) is 12.1. The van der Waals surface area contributed by atoms with Crippen molar-refractivity contribution in [2.45, 2.75) is 65.0 Å². The number of carboxylic acid groups (broad SMARTS) is 1. The molecule has 1 saturated carbocycles. The summed E-state index contributed by atoms with van der Waals surface area (Å²) in [5, 5.41) is 14.6. The number of carbonyl (C=O) groups is 2. The van der Waals surface area contributed by atoms with Crippen LogP contribution < -0.4 is 10.6 Å². The summed E-state index contributed by atoms with van der Waals surface area (Å²) in [4.78, 5) is 23.0. The van der Waals surface area contributed by atoms with Crippen LogP contribution in [0.25, 0.3) is 0 Å². The zero-order chi connectivity index (χ0) is 14.4. The van der Waals surface area contributed by atoms with Gasteiger partial charge >= 0.3 is 12.0 Å². The quantitative estimate of drug-likeness (QED) is 0.717. The number of carboxylic acids is 1. The summed E-state index contributed by atoms with van der Waals surface area (Å²) >= 11 is 0. The van der Waals surface area contributed by atoms with Gasteiger partial charge in [0.1, 0.15) is 6.04 Å². The molecule has 3 N–H and O–H groups in total. The van der Waals surface area contributed by atoms with Crippen molar-refractivity contribution in [3.63, 3.8) is 0 Å². The van der Waals surface area contributed by atoms with E-state index in [4.69, 9.17) is 5.11 Å². The van der Waals surface area contributed by atoms with Crippen molar-refractivity contribution in [2.75, 3.05) is 0 Å². The third-order valence-electron chi connectivity index (χ3n) is 3.97. The van der Waals surface area contributed by atoms with Gasteiger partial charge in [0.15, 0.2) is 0 Å². The van der Waals surface area contributed by atoms with Crippen LogP contribution in [-0.2, 0) is 4.79 Å². The first-order valence-electron chi connectivity index (χ1n) is 7.25. The van der Waals surface area contributed by atoms with Crippen LogP contribution in [0.1, 0.15) is 52.9 Å². The van der Waals surface area contributed by atoms with Crippen molar-refractivity contribution in [3.8, 4) is 0 Å². The number of hydrogen-bond acceptors (Lipinski definition) is 2. The average molecular weight is 270 g/mol. The molecule has 0 heterocycles. The fourth-order valence-corrected chi connectivity index (χ4v) is 2.75. The normalized spacial score (nSPS) is 24.8. The van der Waals surface area contributed by atoms with Gasteiger partial charge in [0, 0.05) is 6.04 Å². The van der Waals surface area contributed by atoms with Crippen molar-refractivity contribution in [1.29, 1.82) is 0 Å². The number of hydrogen-bond donors (Lipinski definition) is 3. The number of urea groups is 1. The molecule has 1 rings (SSSR count). The lowest BCUT2D eigenvalue weighted by atomic mass is 9.83. The Labute approximate surface area is 115 Å². The Balaban J connectivity index is 2.51. The van der Waals surface area contributed by atoms with Gasteiger partial charge in [-0.3, -0.25) is 0 Å². The molecule has 2 amide bonds. The second-order valence-corrected chi connectivity index (χ2v) is 5.74. The van der Waals surface area contributed by atoms with E-state index in [1.807, 2.05) is 0 Å². The Morgan fingerprint density at radius 1 is 1.26 bits per heavy atom. The van der Waals surface area contributed by atoms with E-state index >= 15 is 0 Å². The minimum atomic E-state index is -0.985. The van der Waals surface area contributed by atoms with Gasteiger partial charge in [-0.1, -0.05) is 40.0 Å². The van der Waals surface area contributed by atoms with E-state index in [0.29, 0.717) is 5.92 Å². The second kappa shape index (κ2) is 7.36. The van der Waals surface area contributed by atoms with Gasteiger partial charge in [0.2, 0.25) is 0 Å². The summed E-state index contributed by atoms with van der Waals surface area (Å²) in [6.07, 6.45) is 5.55. The van der Waals surface area contributed by atoms with E-state index in [1.165, 1.54) is 6.42 Å². The van der Waals surface area contributed by atoms with Crippen LogP contribution >= 0.6 is 0 Å². The maximum Gasteiger partial charge on any atom is 0.326 e. The van der Waals surface area contributed by atoms with Crippen molar-refractivity contribution in [1.82, 2.24) is 10.6 Å².